The normalized spacial score (nSPS) is 29.1. The molecule has 0 radical (unpaired) electrons. The fourth-order valence-corrected chi connectivity index (χ4v) is 5.58. The Morgan fingerprint density at radius 3 is 2.73 bits per heavy atom. The molecule has 1 aromatic rings. The molecule has 7 heteroatoms. The number of carbonyl (C=O) groups is 1. The second-order valence-corrected chi connectivity index (χ2v) is 11.1. The summed E-state index contributed by atoms with van der Waals surface area (Å²) in [5.74, 6) is 1.90. The number of nitrogens with zero attached hydrogens (tertiary/aromatic N) is 2. The molecule has 1 saturated heterocycles. The van der Waals surface area contributed by atoms with Crippen LogP contribution >= 0.6 is 0 Å². The lowest BCUT2D eigenvalue weighted by Crippen LogP contribution is -2.59. The van der Waals surface area contributed by atoms with Gasteiger partial charge in [0.1, 0.15) is 18.4 Å². The first kappa shape index (κ1) is 24.0. The van der Waals surface area contributed by atoms with Crippen LogP contribution in [0.15, 0.2) is 23.2 Å². The van der Waals surface area contributed by atoms with Crippen molar-refractivity contribution in [1.29, 1.82) is 0 Å². The summed E-state index contributed by atoms with van der Waals surface area (Å²) in [6.45, 7) is 9.38. The van der Waals surface area contributed by atoms with Gasteiger partial charge in [0, 0.05) is 29.8 Å². The molecule has 1 aliphatic carbocycles. The van der Waals surface area contributed by atoms with Gasteiger partial charge < -0.3 is 20.3 Å². The van der Waals surface area contributed by atoms with Gasteiger partial charge in [-0.15, -0.1) is 0 Å². The lowest BCUT2D eigenvalue weighted by atomic mass is 9.72. The molecule has 4 unspecified atom stereocenters. The van der Waals surface area contributed by atoms with Crippen LogP contribution in [0.4, 0.5) is 0 Å². The molecular formula is C26H39N3O4. The number of aromatic hydroxyl groups is 1. The zero-order chi connectivity index (χ0) is 23.8. The van der Waals surface area contributed by atoms with Crippen LogP contribution in [0.25, 0.3) is 0 Å². The minimum Gasteiger partial charge on any atom is -0.508 e. The zero-order valence-electron chi connectivity index (χ0n) is 20.4. The van der Waals surface area contributed by atoms with Gasteiger partial charge in [0.15, 0.2) is 0 Å². The molecule has 182 valence electrons. The van der Waals surface area contributed by atoms with Crippen LogP contribution in [-0.4, -0.2) is 70.3 Å². The van der Waals surface area contributed by atoms with Gasteiger partial charge in [-0.1, -0.05) is 25.3 Å². The molecule has 33 heavy (non-hydrogen) atoms. The van der Waals surface area contributed by atoms with Crippen molar-refractivity contribution >= 4 is 11.8 Å². The number of nitrogens with one attached hydrogen (secondary N) is 1. The van der Waals surface area contributed by atoms with E-state index in [1.807, 2.05) is 33.8 Å². The van der Waals surface area contributed by atoms with Gasteiger partial charge >= 0.3 is 0 Å². The van der Waals surface area contributed by atoms with E-state index in [9.17, 15) is 15.0 Å². The SMILES string of the molecule is Cc1c(O)cccc1C1=N[C@H](C(O)CN2CC3CCCCC3CC2C(=O)NC(C)(C)C)CO1. The van der Waals surface area contributed by atoms with Gasteiger partial charge in [0.05, 0.1) is 12.1 Å². The molecule has 2 heterocycles. The Bertz CT molecular complexity index is 894. The molecule has 0 bridgehead atoms. The van der Waals surface area contributed by atoms with Gasteiger partial charge in [0.2, 0.25) is 11.8 Å². The molecule has 1 aromatic carbocycles. The summed E-state index contributed by atoms with van der Waals surface area (Å²) in [5, 5.41) is 24.3. The molecule has 0 spiro atoms. The largest absolute Gasteiger partial charge is 0.508 e. The van der Waals surface area contributed by atoms with Crippen molar-refractivity contribution in [2.45, 2.75) is 83.5 Å². The average molecular weight is 458 g/mol. The Balaban J connectivity index is 1.48. The fraction of sp³-hybridized carbons (Fsp3) is 0.692. The van der Waals surface area contributed by atoms with E-state index in [0.717, 1.165) is 18.5 Å². The van der Waals surface area contributed by atoms with Crippen molar-refractivity contribution in [3.05, 3.63) is 29.3 Å². The second-order valence-electron chi connectivity index (χ2n) is 11.1. The van der Waals surface area contributed by atoms with Crippen LogP contribution in [0.2, 0.25) is 0 Å². The number of aliphatic imine (C=N–C) groups is 1. The maximum absolute atomic E-state index is 13.2. The minimum atomic E-state index is -0.731. The highest BCUT2D eigenvalue weighted by atomic mass is 16.5. The van der Waals surface area contributed by atoms with E-state index in [2.05, 4.69) is 15.2 Å². The first-order valence-electron chi connectivity index (χ1n) is 12.4. The molecule has 3 aliphatic rings. The molecule has 3 N–H and O–H groups in total. The number of piperidine rings is 1. The van der Waals surface area contributed by atoms with E-state index in [0.29, 0.717) is 36.4 Å². The van der Waals surface area contributed by atoms with E-state index < -0.39 is 12.1 Å². The van der Waals surface area contributed by atoms with Crippen LogP contribution in [0.3, 0.4) is 0 Å². The van der Waals surface area contributed by atoms with Crippen molar-refractivity contribution in [1.82, 2.24) is 10.2 Å². The Labute approximate surface area is 197 Å². The van der Waals surface area contributed by atoms with Crippen LogP contribution in [-0.2, 0) is 9.53 Å². The molecule has 5 atom stereocenters. The molecule has 1 amide bonds. The number of likely N-dealkylation sites (tertiary alicyclic amines) is 1. The van der Waals surface area contributed by atoms with Crippen LogP contribution in [0.1, 0.15) is 64.0 Å². The van der Waals surface area contributed by atoms with Crippen LogP contribution in [0.5, 0.6) is 5.75 Å². The molecule has 7 nitrogen and oxygen atoms in total. The van der Waals surface area contributed by atoms with Gasteiger partial charge in [-0.25, -0.2) is 4.99 Å². The molecule has 0 aromatic heterocycles. The molecule has 4 rings (SSSR count). The summed E-state index contributed by atoms with van der Waals surface area (Å²) >= 11 is 0. The minimum absolute atomic E-state index is 0.0565. The standard InChI is InChI=1S/C26H39N3O4/c1-16-19(10-7-11-22(16)30)25-27-20(15-33-25)23(31)14-29-13-18-9-6-5-8-17(18)12-21(29)24(32)28-26(2,3)4/h7,10-11,17-18,20-21,23,30-31H,5-6,8-9,12-15H2,1-4H3,(H,28,32)/t17?,18?,20-,21?,23?/m0/s1. The summed E-state index contributed by atoms with van der Waals surface area (Å²) in [4.78, 5) is 20.0. The summed E-state index contributed by atoms with van der Waals surface area (Å²) in [7, 11) is 0. The van der Waals surface area contributed by atoms with E-state index >= 15 is 0 Å². The first-order chi connectivity index (χ1) is 15.6. The number of amides is 1. The number of phenols is 1. The number of β-amino-alcohol motifs (C(OH)–C–C–N with tert-alkyl or cyclic N) is 1. The number of rotatable bonds is 5. The number of ether oxygens (including phenoxy) is 1. The third kappa shape index (κ3) is 5.52. The summed E-state index contributed by atoms with van der Waals surface area (Å²) < 4.78 is 5.80. The highest BCUT2D eigenvalue weighted by molar-refractivity contribution is 5.97. The van der Waals surface area contributed by atoms with Crippen LogP contribution < -0.4 is 5.32 Å². The Morgan fingerprint density at radius 2 is 2.00 bits per heavy atom. The molecule has 2 aliphatic heterocycles. The smallest absolute Gasteiger partial charge is 0.237 e. The predicted molar refractivity (Wildman–Crippen MR) is 128 cm³/mol. The van der Waals surface area contributed by atoms with E-state index in [-0.39, 0.29) is 23.2 Å². The van der Waals surface area contributed by atoms with Crippen molar-refractivity contribution in [2.24, 2.45) is 16.8 Å². The monoisotopic (exact) mass is 457 g/mol. The summed E-state index contributed by atoms with van der Waals surface area (Å²) in [6, 6.07) is 4.65. The lowest BCUT2D eigenvalue weighted by Gasteiger charge is -2.46. The van der Waals surface area contributed by atoms with Gasteiger partial charge in [-0.2, -0.15) is 0 Å². The van der Waals surface area contributed by atoms with Crippen molar-refractivity contribution in [2.75, 3.05) is 19.7 Å². The fourth-order valence-electron chi connectivity index (χ4n) is 5.58. The van der Waals surface area contributed by atoms with Gasteiger partial charge in [0.25, 0.3) is 0 Å². The topological polar surface area (TPSA) is 94.4 Å². The Morgan fingerprint density at radius 1 is 1.27 bits per heavy atom. The van der Waals surface area contributed by atoms with Gasteiger partial charge in [-0.05, 0) is 64.5 Å². The third-order valence-corrected chi connectivity index (χ3v) is 7.38. The van der Waals surface area contributed by atoms with E-state index in [1.54, 1.807) is 12.1 Å². The number of hydrogen-bond donors (Lipinski definition) is 3. The van der Waals surface area contributed by atoms with Crippen molar-refractivity contribution < 1.29 is 19.7 Å². The van der Waals surface area contributed by atoms with E-state index in [4.69, 9.17) is 4.74 Å². The van der Waals surface area contributed by atoms with Crippen molar-refractivity contribution in [3.8, 4) is 5.75 Å². The maximum atomic E-state index is 13.2. The highest BCUT2D eigenvalue weighted by Gasteiger charge is 2.42. The first-order valence-corrected chi connectivity index (χ1v) is 12.4. The number of aliphatic hydroxyl groups excluding tert-OH is 1. The Hall–Kier alpha value is -2.12. The second kappa shape index (κ2) is 9.63. The number of carbonyl (C=O) groups excluding carboxylic acids is 1. The average Bonchev–Trinajstić information content (AvgIpc) is 3.24. The number of benzene rings is 1. The quantitative estimate of drug-likeness (QED) is 0.632. The molecule has 2 fully saturated rings. The van der Waals surface area contributed by atoms with Gasteiger partial charge in [-0.3, -0.25) is 9.69 Å². The molecular weight excluding hydrogens is 418 g/mol. The highest BCUT2D eigenvalue weighted by Crippen LogP contribution is 2.39. The predicted octanol–water partition coefficient (Wildman–Crippen LogP) is 3.00. The zero-order valence-corrected chi connectivity index (χ0v) is 20.4. The number of phenolic OH excluding ortho intramolecular Hbond substituents is 1. The Kier molecular flexibility index (Phi) is 7.01. The number of fused-ring (bicyclic) bond motifs is 1. The van der Waals surface area contributed by atoms with E-state index in [1.165, 1.54) is 25.7 Å². The summed E-state index contributed by atoms with van der Waals surface area (Å²) in [6.07, 6.45) is 5.04. The number of aliphatic hydroxyl groups is 1. The van der Waals surface area contributed by atoms with Crippen molar-refractivity contribution in [3.63, 3.8) is 0 Å². The lowest BCUT2D eigenvalue weighted by molar-refractivity contribution is -0.132. The third-order valence-electron chi connectivity index (χ3n) is 7.38. The summed E-state index contributed by atoms with van der Waals surface area (Å²) in [5.41, 5.74) is 1.17. The van der Waals surface area contributed by atoms with Crippen LogP contribution in [0, 0.1) is 18.8 Å². The number of hydrogen-bond acceptors (Lipinski definition) is 6. The molecule has 1 saturated carbocycles. The maximum Gasteiger partial charge on any atom is 0.237 e.